The van der Waals surface area contributed by atoms with Gasteiger partial charge in [0.1, 0.15) is 24.1 Å². The van der Waals surface area contributed by atoms with E-state index in [4.69, 9.17) is 4.74 Å². The minimum absolute atomic E-state index is 0.0150. The van der Waals surface area contributed by atoms with Crippen LogP contribution in [0.25, 0.3) is 10.9 Å². The van der Waals surface area contributed by atoms with Crippen LogP contribution < -0.4 is 10.1 Å². The van der Waals surface area contributed by atoms with Gasteiger partial charge in [0, 0.05) is 30.7 Å². The number of Topliss-reactive ketones (excluding diaryl/α,β-unsaturated/α-hetero) is 1. The summed E-state index contributed by atoms with van der Waals surface area (Å²) in [6.45, 7) is 3.86. The molecular formula is C34H44N2O7. The smallest absolute Gasteiger partial charge is 0.353 e. The molecule has 0 aliphatic heterocycles. The highest BCUT2D eigenvalue weighted by Gasteiger charge is 2.26. The summed E-state index contributed by atoms with van der Waals surface area (Å²) in [5.41, 5.74) is 1.64. The Morgan fingerprint density at radius 1 is 0.860 bits per heavy atom. The van der Waals surface area contributed by atoms with Crippen molar-refractivity contribution in [3.05, 3.63) is 65.4 Å². The first-order valence-corrected chi connectivity index (χ1v) is 15.3. The number of rotatable bonds is 20. The van der Waals surface area contributed by atoms with Crippen LogP contribution in [-0.4, -0.2) is 51.1 Å². The van der Waals surface area contributed by atoms with Crippen LogP contribution in [0.3, 0.4) is 0 Å². The van der Waals surface area contributed by atoms with Crippen LogP contribution in [0.5, 0.6) is 5.75 Å². The predicted octanol–water partition coefficient (Wildman–Crippen LogP) is 6.65. The van der Waals surface area contributed by atoms with E-state index >= 15 is 0 Å². The molecule has 1 aromatic heterocycles. The van der Waals surface area contributed by atoms with Crippen LogP contribution in [0.2, 0.25) is 0 Å². The average Bonchev–Trinajstić information content (AvgIpc) is 3.31. The molecular weight excluding hydrogens is 548 g/mol. The van der Waals surface area contributed by atoms with E-state index in [1.54, 1.807) is 34.9 Å². The molecule has 9 nitrogen and oxygen atoms in total. The highest BCUT2D eigenvalue weighted by molar-refractivity contribution is 6.15. The molecule has 3 aromatic rings. The number of hydrogen-bond donors (Lipinski definition) is 3. The third kappa shape index (κ3) is 9.98. The molecule has 0 bridgehead atoms. The highest BCUT2D eigenvalue weighted by atomic mass is 16.5. The fourth-order valence-electron chi connectivity index (χ4n) is 5.42. The number of nitrogens with one attached hydrogen (secondary N) is 1. The second-order valence-corrected chi connectivity index (χ2v) is 11.0. The van der Waals surface area contributed by atoms with Crippen molar-refractivity contribution in [3.63, 3.8) is 0 Å². The number of ketones is 1. The summed E-state index contributed by atoms with van der Waals surface area (Å²) in [4.78, 5) is 48.5. The van der Waals surface area contributed by atoms with E-state index in [0.717, 1.165) is 19.3 Å². The number of ether oxygens (including phenoxy) is 1. The lowest BCUT2D eigenvalue weighted by atomic mass is 10.0. The van der Waals surface area contributed by atoms with Crippen molar-refractivity contribution < 1.29 is 34.1 Å². The molecule has 3 N–H and O–H groups in total. The van der Waals surface area contributed by atoms with E-state index < -0.39 is 23.9 Å². The summed E-state index contributed by atoms with van der Waals surface area (Å²) in [6, 6.07) is 13.1. The second-order valence-electron chi connectivity index (χ2n) is 11.0. The van der Waals surface area contributed by atoms with Crippen molar-refractivity contribution in [3.8, 4) is 5.75 Å². The molecule has 232 valence electrons. The van der Waals surface area contributed by atoms with E-state index in [0.29, 0.717) is 28.6 Å². The fraction of sp³-hybridized carbons (Fsp3) is 0.471. The van der Waals surface area contributed by atoms with Gasteiger partial charge in [-0.15, -0.1) is 0 Å². The van der Waals surface area contributed by atoms with Crippen LogP contribution >= 0.6 is 0 Å². The predicted molar refractivity (Wildman–Crippen MR) is 166 cm³/mol. The zero-order valence-corrected chi connectivity index (χ0v) is 25.3. The van der Waals surface area contributed by atoms with Crippen LogP contribution in [0.4, 0.5) is 0 Å². The van der Waals surface area contributed by atoms with E-state index in [1.165, 1.54) is 45.4 Å². The minimum Gasteiger partial charge on any atom is -0.492 e. The lowest BCUT2D eigenvalue weighted by molar-refractivity contribution is -0.141. The fourth-order valence-corrected chi connectivity index (χ4v) is 5.42. The normalized spacial score (nSPS) is 11.8. The molecule has 1 heterocycles. The van der Waals surface area contributed by atoms with Crippen LogP contribution in [0.1, 0.15) is 104 Å². The summed E-state index contributed by atoms with van der Waals surface area (Å²) in [7, 11) is 0. The number of benzene rings is 2. The third-order valence-corrected chi connectivity index (χ3v) is 7.58. The molecule has 43 heavy (non-hydrogen) atoms. The van der Waals surface area contributed by atoms with Gasteiger partial charge in [-0.3, -0.25) is 9.59 Å². The summed E-state index contributed by atoms with van der Waals surface area (Å²) < 4.78 is 7.52. The molecule has 3 rings (SSSR count). The highest BCUT2D eigenvalue weighted by Crippen LogP contribution is 2.29. The van der Waals surface area contributed by atoms with Crippen LogP contribution in [0, 0.1) is 0 Å². The third-order valence-electron chi connectivity index (χ3n) is 7.58. The number of amides is 1. The maximum atomic E-state index is 13.3. The Bertz CT molecular complexity index is 1380. The van der Waals surface area contributed by atoms with Gasteiger partial charge in [0.2, 0.25) is 5.91 Å². The number of carbonyl (C=O) groups excluding carboxylic acids is 2. The molecule has 0 aliphatic carbocycles. The Morgan fingerprint density at radius 3 is 2.09 bits per heavy atom. The Balaban J connectivity index is 1.63. The first-order valence-electron chi connectivity index (χ1n) is 15.3. The number of carbonyl (C=O) groups is 4. The maximum Gasteiger partial charge on any atom is 0.353 e. The van der Waals surface area contributed by atoms with Crippen molar-refractivity contribution in [2.24, 2.45) is 0 Å². The largest absolute Gasteiger partial charge is 0.492 e. The second kappa shape index (κ2) is 17.1. The topological polar surface area (TPSA) is 135 Å². The number of hydrogen-bond acceptors (Lipinski definition) is 5. The number of carboxylic acids is 2. The molecule has 0 saturated heterocycles. The van der Waals surface area contributed by atoms with Crippen molar-refractivity contribution >= 4 is 34.5 Å². The molecule has 0 unspecified atom stereocenters. The van der Waals surface area contributed by atoms with Gasteiger partial charge < -0.3 is 24.8 Å². The van der Waals surface area contributed by atoms with E-state index in [2.05, 4.69) is 12.2 Å². The standard InChI is InChI=1S/C34H44N2O7/c1-3-4-5-6-7-8-9-10-11-16-30(38)31-27-14-12-13-15-29(27)36(32(31)34(41)42)21-22-43-26-19-17-25(18-20-26)23-28(33(39)40)35-24(2)37/h12-15,17-20,28H,3-11,16,21-23H2,1-2H3,(H,35,37)(H,39,40)(H,41,42)/t28-/m0/s1. The summed E-state index contributed by atoms with van der Waals surface area (Å²) >= 11 is 0. The Kier molecular flexibility index (Phi) is 13.3. The van der Waals surface area contributed by atoms with Gasteiger partial charge in [-0.2, -0.15) is 0 Å². The Hall–Kier alpha value is -4.14. The van der Waals surface area contributed by atoms with Gasteiger partial charge in [0.25, 0.3) is 0 Å². The minimum atomic E-state index is -1.15. The zero-order chi connectivity index (χ0) is 31.2. The Labute approximate surface area is 253 Å². The number of aromatic nitrogens is 1. The monoisotopic (exact) mass is 592 g/mol. The summed E-state index contributed by atoms with van der Waals surface area (Å²) in [5.74, 6) is -2.30. The summed E-state index contributed by atoms with van der Waals surface area (Å²) in [6.07, 6.45) is 10.7. The molecule has 0 fully saturated rings. The molecule has 9 heteroatoms. The molecule has 0 aliphatic rings. The number of para-hydroxylation sites is 1. The van der Waals surface area contributed by atoms with Crippen LogP contribution in [-0.2, 0) is 22.6 Å². The Morgan fingerprint density at radius 2 is 1.49 bits per heavy atom. The van der Waals surface area contributed by atoms with Gasteiger partial charge in [-0.05, 0) is 30.2 Å². The first-order chi connectivity index (χ1) is 20.7. The van der Waals surface area contributed by atoms with Gasteiger partial charge in [0.05, 0.1) is 12.1 Å². The molecule has 1 atom stereocenters. The van der Waals surface area contributed by atoms with Crippen molar-refractivity contribution in [1.82, 2.24) is 9.88 Å². The van der Waals surface area contributed by atoms with Gasteiger partial charge in [-0.1, -0.05) is 88.6 Å². The van der Waals surface area contributed by atoms with Gasteiger partial charge in [-0.25, -0.2) is 9.59 Å². The van der Waals surface area contributed by atoms with Crippen molar-refractivity contribution in [1.29, 1.82) is 0 Å². The molecule has 0 radical (unpaired) electrons. The maximum absolute atomic E-state index is 13.3. The van der Waals surface area contributed by atoms with Gasteiger partial charge in [0.15, 0.2) is 5.78 Å². The average molecular weight is 593 g/mol. The lowest BCUT2D eigenvalue weighted by Gasteiger charge is -2.14. The number of nitrogens with zero attached hydrogens (tertiary/aromatic N) is 1. The van der Waals surface area contributed by atoms with Crippen LogP contribution in [0.15, 0.2) is 48.5 Å². The first kappa shape index (κ1) is 33.4. The number of aliphatic carboxylic acids is 1. The number of aromatic carboxylic acids is 1. The van der Waals surface area contributed by atoms with E-state index in [1.807, 2.05) is 18.2 Å². The molecule has 0 spiro atoms. The quantitative estimate of drug-likeness (QED) is 0.0987. The van der Waals surface area contributed by atoms with Crippen molar-refractivity contribution in [2.45, 2.75) is 97.1 Å². The number of carboxylic acid groups (broad SMARTS) is 2. The van der Waals surface area contributed by atoms with Gasteiger partial charge >= 0.3 is 11.9 Å². The molecule has 0 saturated carbocycles. The molecule has 1 amide bonds. The number of unbranched alkanes of at least 4 members (excludes halogenated alkanes) is 8. The lowest BCUT2D eigenvalue weighted by Crippen LogP contribution is -2.41. The van der Waals surface area contributed by atoms with Crippen molar-refractivity contribution in [2.75, 3.05) is 6.61 Å². The van der Waals surface area contributed by atoms with E-state index in [-0.39, 0.29) is 36.6 Å². The number of fused-ring (bicyclic) bond motifs is 1. The van der Waals surface area contributed by atoms with E-state index in [9.17, 15) is 29.4 Å². The summed E-state index contributed by atoms with van der Waals surface area (Å²) in [5, 5.41) is 22.5. The molecule has 2 aromatic carbocycles. The zero-order valence-electron chi connectivity index (χ0n) is 25.3. The SMILES string of the molecule is CCCCCCCCCCCC(=O)c1c(C(=O)O)n(CCOc2ccc(C[C@H](NC(C)=O)C(=O)O)cc2)c2ccccc12.